The number of aryl methyl sites for hydroxylation is 1. The summed E-state index contributed by atoms with van der Waals surface area (Å²) in [5.74, 6) is 1.37. The third kappa shape index (κ3) is 4.72. The summed E-state index contributed by atoms with van der Waals surface area (Å²) in [5.41, 5.74) is 1.27. The van der Waals surface area contributed by atoms with Gasteiger partial charge >= 0.3 is 0 Å². The van der Waals surface area contributed by atoms with Crippen LogP contribution >= 0.6 is 0 Å². The van der Waals surface area contributed by atoms with Crippen LogP contribution in [0.2, 0.25) is 0 Å². The molecule has 160 valence electrons. The quantitative estimate of drug-likeness (QED) is 0.469. The Morgan fingerprint density at radius 1 is 1.03 bits per heavy atom. The summed E-state index contributed by atoms with van der Waals surface area (Å²) in [6.07, 6.45) is 4.79. The van der Waals surface area contributed by atoms with E-state index in [2.05, 4.69) is 25.0 Å². The Balaban J connectivity index is 1.42. The molecular weight excluding hydrogens is 418 g/mol. The van der Waals surface area contributed by atoms with Crippen molar-refractivity contribution >= 4 is 15.7 Å². The Hall–Kier alpha value is -3.73. The number of nitrogens with zero attached hydrogens (tertiary/aromatic N) is 6. The minimum absolute atomic E-state index is 0.0377. The van der Waals surface area contributed by atoms with Gasteiger partial charge in [-0.25, -0.2) is 9.67 Å². The second kappa shape index (κ2) is 8.19. The lowest BCUT2D eigenvalue weighted by molar-refractivity contribution is 0.454. The molecule has 0 spiro atoms. The minimum atomic E-state index is -3.78. The maximum atomic E-state index is 12.5. The van der Waals surface area contributed by atoms with E-state index in [0.717, 1.165) is 5.69 Å². The standard InChI is InChI=1S/C20H21N7O3S/c1-14(2)26-12-20(21-13-26)31(28,29)25-16-4-6-17(7-5-16)30-19-9-8-18(22-23-19)27-11-10-15(3)24-27/h4-14,25H,1-3H3. The predicted molar refractivity (Wildman–Crippen MR) is 114 cm³/mol. The fraction of sp³-hybridized carbons (Fsp3) is 0.200. The molecule has 0 unspecified atom stereocenters. The van der Waals surface area contributed by atoms with Crippen LogP contribution < -0.4 is 9.46 Å². The molecule has 0 aliphatic carbocycles. The van der Waals surface area contributed by atoms with Crippen molar-refractivity contribution in [3.05, 3.63) is 66.9 Å². The van der Waals surface area contributed by atoms with E-state index in [1.54, 1.807) is 51.8 Å². The number of sulfonamides is 1. The molecule has 31 heavy (non-hydrogen) atoms. The highest BCUT2D eigenvalue weighted by Gasteiger charge is 2.18. The van der Waals surface area contributed by atoms with E-state index in [9.17, 15) is 8.42 Å². The molecule has 1 aromatic carbocycles. The van der Waals surface area contributed by atoms with E-state index >= 15 is 0 Å². The topological polar surface area (TPSA) is 117 Å². The van der Waals surface area contributed by atoms with Crippen molar-refractivity contribution in [2.24, 2.45) is 0 Å². The lowest BCUT2D eigenvalue weighted by Crippen LogP contribution is -2.13. The van der Waals surface area contributed by atoms with E-state index in [0.29, 0.717) is 23.1 Å². The monoisotopic (exact) mass is 439 g/mol. The van der Waals surface area contributed by atoms with Crippen molar-refractivity contribution in [3.63, 3.8) is 0 Å². The molecule has 0 bridgehead atoms. The largest absolute Gasteiger partial charge is 0.438 e. The number of rotatable bonds is 7. The van der Waals surface area contributed by atoms with Gasteiger partial charge in [0.1, 0.15) is 5.75 Å². The average Bonchev–Trinajstić information content (AvgIpc) is 3.40. The first-order valence-electron chi connectivity index (χ1n) is 9.51. The molecule has 11 heteroatoms. The second-order valence-electron chi connectivity index (χ2n) is 7.12. The second-order valence-corrected chi connectivity index (χ2v) is 8.75. The smallest absolute Gasteiger partial charge is 0.280 e. The molecule has 0 aliphatic heterocycles. The van der Waals surface area contributed by atoms with Crippen LogP contribution in [0, 0.1) is 6.92 Å². The summed E-state index contributed by atoms with van der Waals surface area (Å²) in [4.78, 5) is 3.98. The van der Waals surface area contributed by atoms with Crippen LogP contribution in [0.15, 0.2) is 66.2 Å². The van der Waals surface area contributed by atoms with Crippen molar-refractivity contribution in [1.82, 2.24) is 29.5 Å². The summed E-state index contributed by atoms with van der Waals surface area (Å²) in [6, 6.07) is 11.9. The van der Waals surface area contributed by atoms with Gasteiger partial charge in [0.15, 0.2) is 10.8 Å². The van der Waals surface area contributed by atoms with Gasteiger partial charge in [-0.1, -0.05) is 0 Å². The molecule has 4 rings (SSSR count). The minimum Gasteiger partial charge on any atom is -0.438 e. The number of ether oxygens (including phenoxy) is 1. The number of hydrogen-bond acceptors (Lipinski definition) is 7. The molecule has 0 atom stereocenters. The van der Waals surface area contributed by atoms with Gasteiger partial charge in [-0.3, -0.25) is 4.72 Å². The van der Waals surface area contributed by atoms with Crippen molar-refractivity contribution in [1.29, 1.82) is 0 Å². The molecule has 0 fully saturated rings. The van der Waals surface area contributed by atoms with Crippen LogP contribution in [-0.2, 0) is 10.0 Å². The van der Waals surface area contributed by atoms with Crippen LogP contribution in [0.5, 0.6) is 11.6 Å². The molecule has 0 saturated heterocycles. The van der Waals surface area contributed by atoms with E-state index in [4.69, 9.17) is 4.74 Å². The number of imidazole rings is 1. The maximum Gasteiger partial charge on any atom is 0.280 e. The zero-order chi connectivity index (χ0) is 22.0. The van der Waals surface area contributed by atoms with Gasteiger partial charge in [-0.2, -0.15) is 13.5 Å². The van der Waals surface area contributed by atoms with Gasteiger partial charge < -0.3 is 9.30 Å². The molecule has 0 amide bonds. The number of benzene rings is 1. The Morgan fingerprint density at radius 2 is 1.81 bits per heavy atom. The summed E-state index contributed by atoms with van der Waals surface area (Å²) < 4.78 is 36.6. The fourth-order valence-electron chi connectivity index (χ4n) is 2.69. The molecular formula is C20H21N7O3S. The molecule has 0 aliphatic rings. The van der Waals surface area contributed by atoms with E-state index in [1.807, 2.05) is 26.8 Å². The van der Waals surface area contributed by atoms with Crippen LogP contribution in [0.25, 0.3) is 5.82 Å². The zero-order valence-electron chi connectivity index (χ0n) is 17.2. The summed E-state index contributed by atoms with van der Waals surface area (Å²) in [5, 5.41) is 12.4. The van der Waals surface area contributed by atoms with Gasteiger partial charge in [0.25, 0.3) is 10.0 Å². The molecule has 4 aromatic rings. The van der Waals surface area contributed by atoms with Crippen LogP contribution in [0.1, 0.15) is 25.6 Å². The van der Waals surface area contributed by atoms with E-state index in [-0.39, 0.29) is 11.1 Å². The highest BCUT2D eigenvalue weighted by molar-refractivity contribution is 7.92. The molecule has 0 radical (unpaired) electrons. The summed E-state index contributed by atoms with van der Waals surface area (Å²) in [6.45, 7) is 5.78. The zero-order valence-corrected chi connectivity index (χ0v) is 18.0. The first kappa shape index (κ1) is 20.5. The lowest BCUT2D eigenvalue weighted by Gasteiger charge is -2.08. The molecule has 3 heterocycles. The first-order valence-corrected chi connectivity index (χ1v) is 11.0. The Morgan fingerprint density at radius 3 is 2.39 bits per heavy atom. The van der Waals surface area contributed by atoms with Crippen LogP contribution in [0.4, 0.5) is 5.69 Å². The predicted octanol–water partition coefficient (Wildman–Crippen LogP) is 3.34. The number of aromatic nitrogens is 6. The van der Waals surface area contributed by atoms with Crippen LogP contribution in [-0.4, -0.2) is 37.9 Å². The van der Waals surface area contributed by atoms with Crippen molar-refractivity contribution in [2.75, 3.05) is 4.72 Å². The number of anilines is 1. The molecule has 0 saturated carbocycles. The highest BCUT2D eigenvalue weighted by Crippen LogP contribution is 2.23. The fourth-order valence-corrected chi connectivity index (χ4v) is 3.69. The van der Waals surface area contributed by atoms with Crippen molar-refractivity contribution in [3.8, 4) is 17.4 Å². The highest BCUT2D eigenvalue weighted by atomic mass is 32.2. The Labute approximate surface area is 179 Å². The normalized spacial score (nSPS) is 11.6. The lowest BCUT2D eigenvalue weighted by atomic mass is 10.3. The Kier molecular flexibility index (Phi) is 5.42. The third-order valence-electron chi connectivity index (χ3n) is 4.36. The molecule has 1 N–H and O–H groups in total. The summed E-state index contributed by atoms with van der Waals surface area (Å²) in [7, 11) is -3.78. The Bertz CT molecular complexity index is 1280. The van der Waals surface area contributed by atoms with Gasteiger partial charge in [0.05, 0.1) is 12.0 Å². The third-order valence-corrected chi connectivity index (χ3v) is 5.63. The molecule has 10 nitrogen and oxygen atoms in total. The van der Waals surface area contributed by atoms with Crippen molar-refractivity contribution < 1.29 is 13.2 Å². The first-order chi connectivity index (χ1) is 14.8. The maximum absolute atomic E-state index is 12.5. The number of nitrogens with one attached hydrogen (secondary N) is 1. The summed E-state index contributed by atoms with van der Waals surface area (Å²) >= 11 is 0. The van der Waals surface area contributed by atoms with Crippen molar-refractivity contribution in [2.45, 2.75) is 31.8 Å². The van der Waals surface area contributed by atoms with Gasteiger partial charge in [-0.15, -0.1) is 10.2 Å². The van der Waals surface area contributed by atoms with Gasteiger partial charge in [-0.05, 0) is 57.2 Å². The van der Waals surface area contributed by atoms with E-state index < -0.39 is 10.0 Å². The average molecular weight is 440 g/mol. The van der Waals surface area contributed by atoms with Gasteiger partial charge in [0, 0.05) is 30.2 Å². The molecule has 3 aromatic heterocycles. The van der Waals surface area contributed by atoms with Gasteiger partial charge in [0.2, 0.25) is 5.88 Å². The number of hydrogen-bond donors (Lipinski definition) is 1. The SMILES string of the molecule is Cc1ccn(-c2ccc(Oc3ccc(NS(=O)(=O)c4cn(C(C)C)cn4)cc3)nn2)n1. The van der Waals surface area contributed by atoms with E-state index in [1.165, 1.54) is 12.5 Å². The van der Waals surface area contributed by atoms with Crippen LogP contribution in [0.3, 0.4) is 0 Å².